The number of benzene rings is 3. The molecule has 1 aliphatic heterocycles. The fraction of sp³-hybridized carbons (Fsp3) is 0.371. The molecule has 0 saturated carbocycles. The summed E-state index contributed by atoms with van der Waals surface area (Å²) < 4.78 is 0. The Morgan fingerprint density at radius 1 is 0.902 bits per heavy atom. The van der Waals surface area contributed by atoms with Crippen molar-refractivity contribution in [3.8, 4) is 0 Å². The highest BCUT2D eigenvalue weighted by Crippen LogP contribution is 2.48. The normalized spacial score (nSPS) is 18.9. The van der Waals surface area contributed by atoms with Crippen LogP contribution in [0, 0.1) is 0 Å². The largest absolute Gasteiger partial charge is 0.357 e. The van der Waals surface area contributed by atoms with Gasteiger partial charge in [0.15, 0.2) is 5.78 Å². The number of nitrogens with zero attached hydrogens (tertiary/aromatic N) is 1. The maximum Gasteiger partial charge on any atom is 0.227 e. The molecular formula is C35H38Cl2N2O2. The topological polar surface area (TPSA) is 49.4 Å². The van der Waals surface area contributed by atoms with Crippen molar-refractivity contribution in [2.45, 2.75) is 83.6 Å². The third kappa shape index (κ3) is 6.24. The number of hydrogen-bond donors (Lipinski definition) is 1. The van der Waals surface area contributed by atoms with Gasteiger partial charge in [-0.2, -0.15) is 0 Å². The number of ketones is 1. The molecule has 3 aromatic carbocycles. The van der Waals surface area contributed by atoms with Gasteiger partial charge in [-0.25, -0.2) is 0 Å². The number of Topliss-reactive ketones (excluding diaryl/α,β-unsaturated/α-hetero) is 1. The van der Waals surface area contributed by atoms with Crippen molar-refractivity contribution in [2.75, 3.05) is 10.2 Å². The first kappa shape index (κ1) is 29.4. The third-order valence-electron chi connectivity index (χ3n) is 8.24. The fourth-order valence-corrected chi connectivity index (χ4v) is 6.29. The molecule has 3 aromatic rings. The molecule has 2 aliphatic rings. The summed E-state index contributed by atoms with van der Waals surface area (Å²) in [5.74, 6) is 0.0633. The molecule has 6 heteroatoms. The first-order valence-corrected chi connectivity index (χ1v) is 15.3. The van der Waals surface area contributed by atoms with E-state index in [9.17, 15) is 9.59 Å². The van der Waals surface area contributed by atoms with Crippen LogP contribution in [0.1, 0.15) is 94.9 Å². The molecule has 0 radical (unpaired) electrons. The number of amides is 1. The van der Waals surface area contributed by atoms with Gasteiger partial charge in [0.25, 0.3) is 0 Å². The van der Waals surface area contributed by atoms with Crippen LogP contribution in [0.5, 0.6) is 0 Å². The maximum absolute atomic E-state index is 14.2. The summed E-state index contributed by atoms with van der Waals surface area (Å²) in [5.41, 5.74) is 6.18. The number of rotatable bonds is 6. The number of unbranched alkanes of at least 4 members (excludes halogenated alkanes) is 2. The third-order valence-corrected chi connectivity index (χ3v) is 8.73. The van der Waals surface area contributed by atoms with E-state index >= 15 is 0 Å². The predicted molar refractivity (Wildman–Crippen MR) is 170 cm³/mol. The number of hydrogen-bond acceptors (Lipinski definition) is 3. The number of nitrogens with one attached hydrogen (secondary N) is 1. The molecule has 1 heterocycles. The quantitative estimate of drug-likeness (QED) is 0.291. The van der Waals surface area contributed by atoms with Gasteiger partial charge < -0.3 is 5.32 Å². The fourth-order valence-electron chi connectivity index (χ4n) is 5.99. The van der Waals surface area contributed by atoms with E-state index in [-0.39, 0.29) is 23.0 Å². The maximum atomic E-state index is 14.2. The molecule has 0 spiro atoms. The van der Waals surface area contributed by atoms with Gasteiger partial charge in [0, 0.05) is 34.2 Å². The van der Waals surface area contributed by atoms with E-state index in [0.29, 0.717) is 34.9 Å². The monoisotopic (exact) mass is 588 g/mol. The van der Waals surface area contributed by atoms with Crippen LogP contribution in [-0.2, 0) is 15.0 Å². The van der Waals surface area contributed by atoms with Gasteiger partial charge in [0.2, 0.25) is 5.91 Å². The van der Waals surface area contributed by atoms with E-state index in [2.05, 4.69) is 57.3 Å². The van der Waals surface area contributed by atoms with Crippen molar-refractivity contribution in [3.05, 3.63) is 105 Å². The lowest BCUT2D eigenvalue weighted by atomic mass is 9.77. The van der Waals surface area contributed by atoms with E-state index in [4.69, 9.17) is 23.2 Å². The molecule has 0 unspecified atom stereocenters. The Bertz CT molecular complexity index is 1470. The summed E-state index contributed by atoms with van der Waals surface area (Å²) in [7, 11) is 0. The number of fused-ring (bicyclic) bond motifs is 1. The molecule has 0 saturated heterocycles. The lowest BCUT2D eigenvalue weighted by Crippen LogP contribution is -2.38. The van der Waals surface area contributed by atoms with Crippen molar-refractivity contribution < 1.29 is 9.59 Å². The second-order valence-corrected chi connectivity index (χ2v) is 13.1. The Morgan fingerprint density at radius 3 is 2.22 bits per heavy atom. The van der Waals surface area contributed by atoms with Crippen LogP contribution in [0.3, 0.4) is 0 Å². The molecule has 0 bridgehead atoms. The standard InChI is InChI=1S/C35H38Cl2N2O2/c1-5-6-7-8-32(41)39-30-18-17-27(37)21-28(30)38-29-19-24(22-11-15-26(36)16-12-22)20-31(40)33(29)34(39)23-9-13-25(14-10-23)35(2,3)4/h9-18,21,24,34,38H,5-8,19-20H2,1-4H3/t24-,34-/m0/s1. The number of halogens is 2. The number of carbonyl (C=O) groups is 2. The van der Waals surface area contributed by atoms with Gasteiger partial charge in [-0.15, -0.1) is 0 Å². The summed E-state index contributed by atoms with van der Waals surface area (Å²) >= 11 is 12.6. The van der Waals surface area contributed by atoms with Gasteiger partial charge in [0.1, 0.15) is 0 Å². The zero-order chi connectivity index (χ0) is 29.3. The van der Waals surface area contributed by atoms with Crippen LogP contribution in [0.25, 0.3) is 0 Å². The predicted octanol–water partition coefficient (Wildman–Crippen LogP) is 9.77. The average Bonchev–Trinajstić information content (AvgIpc) is 3.07. The molecule has 214 valence electrons. The zero-order valence-corrected chi connectivity index (χ0v) is 25.8. The van der Waals surface area contributed by atoms with Crippen LogP contribution < -0.4 is 10.2 Å². The van der Waals surface area contributed by atoms with Gasteiger partial charge in [-0.3, -0.25) is 14.5 Å². The first-order chi connectivity index (χ1) is 19.6. The smallest absolute Gasteiger partial charge is 0.227 e. The van der Waals surface area contributed by atoms with E-state index in [1.165, 1.54) is 5.56 Å². The van der Waals surface area contributed by atoms with Crippen LogP contribution in [0.15, 0.2) is 78.0 Å². The van der Waals surface area contributed by atoms with Crippen molar-refractivity contribution in [3.63, 3.8) is 0 Å². The van der Waals surface area contributed by atoms with Crippen LogP contribution in [0.2, 0.25) is 10.0 Å². The molecule has 41 heavy (non-hydrogen) atoms. The van der Waals surface area contributed by atoms with Gasteiger partial charge in [-0.1, -0.05) is 100 Å². The second-order valence-electron chi connectivity index (χ2n) is 12.3. The van der Waals surface area contributed by atoms with E-state index in [1.807, 2.05) is 47.4 Å². The van der Waals surface area contributed by atoms with Crippen LogP contribution in [-0.4, -0.2) is 11.7 Å². The van der Waals surface area contributed by atoms with Gasteiger partial charge in [-0.05, 0) is 71.2 Å². The lowest BCUT2D eigenvalue weighted by molar-refractivity contribution is -0.119. The van der Waals surface area contributed by atoms with Gasteiger partial charge >= 0.3 is 0 Å². The van der Waals surface area contributed by atoms with Crippen molar-refractivity contribution in [1.29, 1.82) is 0 Å². The molecule has 0 fully saturated rings. The lowest BCUT2D eigenvalue weighted by Gasteiger charge is -2.35. The summed E-state index contributed by atoms with van der Waals surface area (Å²) in [4.78, 5) is 30.2. The minimum absolute atomic E-state index is 0.00405. The summed E-state index contributed by atoms with van der Waals surface area (Å²) in [5, 5.41) is 4.83. The minimum Gasteiger partial charge on any atom is -0.357 e. The number of allylic oxidation sites excluding steroid dienone is 1. The van der Waals surface area contributed by atoms with Crippen molar-refractivity contribution >= 4 is 46.3 Å². The highest BCUT2D eigenvalue weighted by atomic mass is 35.5. The number of anilines is 2. The molecule has 5 rings (SSSR count). The van der Waals surface area contributed by atoms with Crippen molar-refractivity contribution in [1.82, 2.24) is 0 Å². The summed E-state index contributed by atoms with van der Waals surface area (Å²) in [6.45, 7) is 8.68. The molecule has 1 aliphatic carbocycles. The Morgan fingerprint density at radius 2 is 1.56 bits per heavy atom. The van der Waals surface area contributed by atoms with Gasteiger partial charge in [0.05, 0.1) is 17.4 Å². The van der Waals surface area contributed by atoms with Crippen molar-refractivity contribution in [2.24, 2.45) is 0 Å². The van der Waals surface area contributed by atoms with Crippen LogP contribution >= 0.6 is 23.2 Å². The molecule has 4 nitrogen and oxygen atoms in total. The SMILES string of the molecule is CCCCCC(=O)N1c2ccc(Cl)cc2NC2=C(C(=O)C[C@@H](c3ccc(Cl)cc3)C2)[C@@H]1c1ccc(C(C)(C)C)cc1. The Hall–Kier alpha value is -3.08. The highest BCUT2D eigenvalue weighted by Gasteiger charge is 2.41. The Kier molecular flexibility index (Phi) is 8.63. The molecule has 2 atom stereocenters. The van der Waals surface area contributed by atoms with Crippen LogP contribution in [0.4, 0.5) is 11.4 Å². The molecule has 1 N–H and O–H groups in total. The average molecular weight is 590 g/mol. The zero-order valence-electron chi connectivity index (χ0n) is 24.3. The summed E-state index contributed by atoms with van der Waals surface area (Å²) in [6.07, 6.45) is 4.23. The van der Waals surface area contributed by atoms with E-state index in [0.717, 1.165) is 47.5 Å². The Balaban J connectivity index is 1.68. The Labute approximate surface area is 253 Å². The second kappa shape index (κ2) is 12.0. The van der Waals surface area contributed by atoms with E-state index in [1.54, 1.807) is 0 Å². The molecular weight excluding hydrogens is 551 g/mol. The molecule has 1 amide bonds. The number of carbonyl (C=O) groups excluding carboxylic acids is 2. The highest BCUT2D eigenvalue weighted by molar-refractivity contribution is 6.31. The van der Waals surface area contributed by atoms with E-state index < -0.39 is 6.04 Å². The first-order valence-electron chi connectivity index (χ1n) is 14.6. The minimum atomic E-state index is -0.540. The summed E-state index contributed by atoms with van der Waals surface area (Å²) in [6, 6.07) is 21.2. The molecule has 0 aromatic heterocycles.